The Hall–Kier alpha value is -1.73. The maximum atomic E-state index is 10.5. The highest BCUT2D eigenvalue weighted by Crippen LogP contribution is 2.34. The predicted octanol–water partition coefficient (Wildman–Crippen LogP) is 1.89. The van der Waals surface area contributed by atoms with E-state index in [-0.39, 0.29) is 12.1 Å². The van der Waals surface area contributed by atoms with Crippen LogP contribution < -0.4 is 5.32 Å². The first-order valence-electron chi connectivity index (χ1n) is 9.41. The van der Waals surface area contributed by atoms with Gasteiger partial charge in [-0.05, 0) is 26.7 Å². The van der Waals surface area contributed by atoms with E-state index in [1.165, 1.54) is 12.8 Å². The van der Waals surface area contributed by atoms with Crippen LogP contribution in [0.25, 0.3) is 11.0 Å². The quantitative estimate of drug-likeness (QED) is 0.882. The lowest BCUT2D eigenvalue weighted by Crippen LogP contribution is -2.33. The highest BCUT2D eigenvalue weighted by molar-refractivity contribution is 5.86. The number of aromatic nitrogens is 4. The molecule has 0 unspecified atom stereocenters. The molecule has 0 aromatic carbocycles. The molecule has 2 aromatic heterocycles. The number of nitrogens with zero attached hydrogens (tertiary/aromatic N) is 5. The molecule has 1 aliphatic carbocycles. The lowest BCUT2D eigenvalue weighted by molar-refractivity contribution is 0.161. The fourth-order valence-electron chi connectivity index (χ4n) is 4.07. The van der Waals surface area contributed by atoms with Crippen molar-refractivity contribution in [1.29, 1.82) is 0 Å². The van der Waals surface area contributed by atoms with Gasteiger partial charge in [-0.25, -0.2) is 9.97 Å². The van der Waals surface area contributed by atoms with Crippen molar-refractivity contribution in [2.75, 3.05) is 18.4 Å². The minimum Gasteiger partial charge on any atom is -0.390 e. The summed E-state index contributed by atoms with van der Waals surface area (Å²) in [7, 11) is 1.92. The molecule has 2 N–H and O–H groups in total. The van der Waals surface area contributed by atoms with Crippen LogP contribution in [0.5, 0.6) is 0 Å². The summed E-state index contributed by atoms with van der Waals surface area (Å²) in [4.78, 5) is 11.9. The Labute approximate surface area is 148 Å². The van der Waals surface area contributed by atoms with Crippen LogP contribution in [-0.4, -0.2) is 61.0 Å². The van der Waals surface area contributed by atoms with E-state index in [9.17, 15) is 5.11 Å². The summed E-state index contributed by atoms with van der Waals surface area (Å²) in [5.74, 6) is 2.18. The Balaban J connectivity index is 1.66. The average molecular weight is 344 g/mol. The van der Waals surface area contributed by atoms with E-state index < -0.39 is 0 Å². The number of anilines is 1. The van der Waals surface area contributed by atoms with Crippen LogP contribution in [0, 0.1) is 0 Å². The highest BCUT2D eigenvalue weighted by Gasteiger charge is 2.33. The third kappa shape index (κ3) is 3.11. The van der Waals surface area contributed by atoms with E-state index in [2.05, 4.69) is 29.2 Å². The number of aryl methyl sites for hydroxylation is 1. The van der Waals surface area contributed by atoms with E-state index in [4.69, 9.17) is 9.97 Å². The summed E-state index contributed by atoms with van der Waals surface area (Å²) in [5.41, 5.74) is 0.868. The van der Waals surface area contributed by atoms with Gasteiger partial charge in [0, 0.05) is 32.1 Å². The molecule has 0 bridgehead atoms. The van der Waals surface area contributed by atoms with E-state index in [1.807, 2.05) is 17.9 Å². The van der Waals surface area contributed by atoms with Gasteiger partial charge in [0.05, 0.1) is 23.7 Å². The van der Waals surface area contributed by atoms with Crippen molar-refractivity contribution in [1.82, 2.24) is 24.6 Å². The summed E-state index contributed by atoms with van der Waals surface area (Å²) in [6, 6.07) is 0.413. The van der Waals surface area contributed by atoms with Crippen molar-refractivity contribution in [3.05, 3.63) is 12.0 Å². The molecule has 25 heavy (non-hydrogen) atoms. The number of fused-ring (bicyclic) bond motifs is 1. The molecule has 1 aliphatic heterocycles. The third-order valence-electron chi connectivity index (χ3n) is 5.70. The molecular formula is C18H28N6O. The number of hydrogen-bond acceptors (Lipinski definition) is 6. The van der Waals surface area contributed by atoms with Crippen LogP contribution in [-0.2, 0) is 7.05 Å². The van der Waals surface area contributed by atoms with Gasteiger partial charge in [-0.15, -0.1) is 0 Å². The van der Waals surface area contributed by atoms with Gasteiger partial charge in [0.1, 0.15) is 11.6 Å². The Morgan fingerprint density at radius 1 is 1.20 bits per heavy atom. The van der Waals surface area contributed by atoms with Gasteiger partial charge in [0.2, 0.25) is 0 Å². The van der Waals surface area contributed by atoms with Crippen LogP contribution in [0.15, 0.2) is 6.20 Å². The summed E-state index contributed by atoms with van der Waals surface area (Å²) in [6.07, 6.45) is 6.26. The van der Waals surface area contributed by atoms with E-state index >= 15 is 0 Å². The number of nitrogens with one attached hydrogen (secondary N) is 1. The van der Waals surface area contributed by atoms with E-state index in [0.717, 1.165) is 42.1 Å². The van der Waals surface area contributed by atoms with E-state index in [1.54, 1.807) is 0 Å². The topological polar surface area (TPSA) is 79.1 Å². The van der Waals surface area contributed by atoms with Gasteiger partial charge in [0.25, 0.3) is 0 Å². The first-order chi connectivity index (χ1) is 12.0. The molecule has 2 atom stereocenters. The molecular weight excluding hydrogens is 316 g/mol. The largest absolute Gasteiger partial charge is 0.390 e. The van der Waals surface area contributed by atoms with Gasteiger partial charge in [-0.1, -0.05) is 12.8 Å². The maximum absolute atomic E-state index is 10.5. The zero-order chi connectivity index (χ0) is 17.6. The number of hydrogen-bond donors (Lipinski definition) is 2. The standard InChI is InChI=1S/C18H28N6O/c1-11(2)24-9-14(15(25)10-24)20-17-13-8-19-23(3)18(13)22-16(21-17)12-6-4-5-7-12/h8,11-12,14-15,25H,4-7,9-10H2,1-3H3,(H,20,21,22)/t14-,15-/m0/s1. The second kappa shape index (κ2) is 6.53. The normalized spacial score (nSPS) is 25.5. The van der Waals surface area contributed by atoms with Crippen LogP contribution in [0.2, 0.25) is 0 Å². The number of aliphatic hydroxyl groups excluding tert-OH is 1. The van der Waals surface area contributed by atoms with Gasteiger partial charge < -0.3 is 10.4 Å². The Morgan fingerprint density at radius 3 is 2.64 bits per heavy atom. The number of likely N-dealkylation sites (tertiary alicyclic amines) is 1. The molecule has 4 rings (SSSR count). The first-order valence-corrected chi connectivity index (χ1v) is 9.41. The fourth-order valence-corrected chi connectivity index (χ4v) is 4.07. The van der Waals surface area contributed by atoms with Crippen molar-refractivity contribution in [2.45, 2.75) is 63.6 Å². The average Bonchev–Trinajstić information content (AvgIpc) is 3.30. The minimum absolute atomic E-state index is 0.0165. The molecule has 0 amide bonds. The molecule has 2 fully saturated rings. The van der Waals surface area contributed by atoms with Crippen molar-refractivity contribution in [2.24, 2.45) is 7.05 Å². The number of rotatable bonds is 4. The maximum Gasteiger partial charge on any atom is 0.163 e. The molecule has 1 saturated heterocycles. The lowest BCUT2D eigenvalue weighted by atomic mass is 10.1. The van der Waals surface area contributed by atoms with Crippen LogP contribution in [0.4, 0.5) is 5.82 Å². The summed E-state index contributed by atoms with van der Waals surface area (Å²) < 4.78 is 1.81. The summed E-state index contributed by atoms with van der Waals surface area (Å²) in [6.45, 7) is 5.85. The zero-order valence-electron chi connectivity index (χ0n) is 15.3. The fraction of sp³-hybridized carbons (Fsp3) is 0.722. The van der Waals surface area contributed by atoms with Crippen LogP contribution in [0.1, 0.15) is 51.3 Å². The molecule has 1 saturated carbocycles. The lowest BCUT2D eigenvalue weighted by Gasteiger charge is -2.20. The summed E-state index contributed by atoms with van der Waals surface area (Å²) >= 11 is 0. The van der Waals surface area contributed by atoms with Gasteiger partial charge in [-0.2, -0.15) is 5.10 Å². The smallest absolute Gasteiger partial charge is 0.163 e. The van der Waals surface area contributed by atoms with Crippen molar-refractivity contribution in [3.8, 4) is 0 Å². The monoisotopic (exact) mass is 344 g/mol. The van der Waals surface area contributed by atoms with Crippen LogP contribution >= 0.6 is 0 Å². The molecule has 2 aliphatic rings. The molecule has 7 heteroatoms. The molecule has 0 spiro atoms. The molecule has 0 radical (unpaired) electrons. The Kier molecular flexibility index (Phi) is 4.37. The van der Waals surface area contributed by atoms with Crippen molar-refractivity contribution < 1.29 is 5.11 Å². The van der Waals surface area contributed by atoms with Gasteiger partial charge >= 0.3 is 0 Å². The highest BCUT2D eigenvalue weighted by atomic mass is 16.3. The predicted molar refractivity (Wildman–Crippen MR) is 97.6 cm³/mol. The van der Waals surface area contributed by atoms with Gasteiger partial charge in [0.15, 0.2) is 5.65 Å². The van der Waals surface area contributed by atoms with Gasteiger partial charge in [-0.3, -0.25) is 9.58 Å². The Bertz CT molecular complexity index is 751. The molecule has 136 valence electrons. The summed E-state index contributed by atoms with van der Waals surface area (Å²) in [5, 5.41) is 19.3. The minimum atomic E-state index is -0.390. The first kappa shape index (κ1) is 16.7. The van der Waals surface area contributed by atoms with Crippen molar-refractivity contribution >= 4 is 16.9 Å². The zero-order valence-corrected chi connectivity index (χ0v) is 15.3. The van der Waals surface area contributed by atoms with E-state index in [0.29, 0.717) is 18.5 Å². The third-order valence-corrected chi connectivity index (χ3v) is 5.70. The second-order valence-corrected chi connectivity index (χ2v) is 7.78. The SMILES string of the molecule is CC(C)N1C[C@H](Nc2nc(C3CCCC3)nc3c2cnn3C)[C@@H](O)C1. The Morgan fingerprint density at radius 2 is 1.96 bits per heavy atom. The molecule has 2 aromatic rings. The number of β-amino-alcohol motifs (C(OH)–C–C–N with tert-alkyl or cyclic N) is 1. The van der Waals surface area contributed by atoms with Crippen molar-refractivity contribution in [3.63, 3.8) is 0 Å². The second-order valence-electron chi connectivity index (χ2n) is 7.78. The number of aliphatic hydroxyl groups is 1. The molecule has 7 nitrogen and oxygen atoms in total. The van der Waals surface area contributed by atoms with Crippen LogP contribution in [0.3, 0.4) is 0 Å². The molecule has 3 heterocycles.